The maximum atomic E-state index is 11.7. The monoisotopic (exact) mass is 219 g/mol. The molecule has 1 aromatic rings. The summed E-state index contributed by atoms with van der Waals surface area (Å²) >= 11 is 0. The fourth-order valence-electron chi connectivity index (χ4n) is 2.19. The van der Waals surface area contributed by atoms with Crippen LogP contribution in [0.3, 0.4) is 0 Å². The van der Waals surface area contributed by atoms with Crippen LogP contribution in [-0.2, 0) is 4.79 Å². The normalized spacial score (nSPS) is 14.2. The highest BCUT2D eigenvalue weighted by Crippen LogP contribution is 2.28. The van der Waals surface area contributed by atoms with Gasteiger partial charge in [-0.2, -0.15) is 0 Å². The Bertz CT molecular complexity index is 360. The van der Waals surface area contributed by atoms with E-state index in [-0.39, 0.29) is 11.8 Å². The number of amides is 1. The second kappa shape index (κ2) is 5.69. The van der Waals surface area contributed by atoms with Crippen molar-refractivity contribution in [2.75, 3.05) is 7.05 Å². The molecule has 1 aromatic carbocycles. The quantitative estimate of drug-likeness (QED) is 0.829. The van der Waals surface area contributed by atoms with Gasteiger partial charge in [0.1, 0.15) is 0 Å². The Morgan fingerprint density at radius 1 is 1.44 bits per heavy atom. The summed E-state index contributed by atoms with van der Waals surface area (Å²) in [4.78, 5) is 11.7. The molecule has 1 N–H and O–H groups in total. The minimum absolute atomic E-state index is 0.0248. The summed E-state index contributed by atoms with van der Waals surface area (Å²) in [7, 11) is 1.70. The average molecular weight is 219 g/mol. The third-order valence-corrected chi connectivity index (χ3v) is 3.17. The predicted molar refractivity (Wildman–Crippen MR) is 67.4 cm³/mol. The van der Waals surface area contributed by atoms with Crippen LogP contribution < -0.4 is 5.32 Å². The molecule has 0 heterocycles. The minimum atomic E-state index is 0.0248. The van der Waals surface area contributed by atoms with E-state index in [1.54, 1.807) is 7.05 Å². The van der Waals surface area contributed by atoms with Crippen LogP contribution >= 0.6 is 0 Å². The summed E-state index contributed by atoms with van der Waals surface area (Å²) in [5.41, 5.74) is 2.51. The molecule has 2 atom stereocenters. The molecular formula is C14H21NO. The predicted octanol–water partition coefficient (Wildman–Crippen LogP) is 2.87. The first-order chi connectivity index (χ1) is 7.60. The van der Waals surface area contributed by atoms with Crippen molar-refractivity contribution in [2.24, 2.45) is 5.92 Å². The largest absolute Gasteiger partial charge is 0.359 e. The molecule has 88 valence electrons. The lowest BCUT2D eigenvalue weighted by Crippen LogP contribution is -2.29. The van der Waals surface area contributed by atoms with Crippen molar-refractivity contribution in [2.45, 2.75) is 33.1 Å². The molecule has 2 heteroatoms. The first-order valence-electron chi connectivity index (χ1n) is 5.88. The van der Waals surface area contributed by atoms with E-state index in [0.29, 0.717) is 5.92 Å². The zero-order valence-electron chi connectivity index (χ0n) is 10.6. The molecule has 1 amide bonds. The molecule has 0 fully saturated rings. The zero-order valence-corrected chi connectivity index (χ0v) is 10.6. The molecular weight excluding hydrogens is 198 g/mol. The van der Waals surface area contributed by atoms with E-state index < -0.39 is 0 Å². The maximum Gasteiger partial charge on any atom is 0.223 e. The van der Waals surface area contributed by atoms with Gasteiger partial charge in [0.05, 0.1) is 0 Å². The fraction of sp³-hybridized carbons (Fsp3) is 0.500. The molecule has 0 saturated heterocycles. The van der Waals surface area contributed by atoms with Gasteiger partial charge in [-0.05, 0) is 24.8 Å². The zero-order chi connectivity index (χ0) is 12.1. The van der Waals surface area contributed by atoms with E-state index in [1.807, 2.05) is 6.92 Å². The van der Waals surface area contributed by atoms with Crippen LogP contribution in [0.2, 0.25) is 0 Å². The van der Waals surface area contributed by atoms with Gasteiger partial charge in [-0.3, -0.25) is 4.79 Å². The van der Waals surface area contributed by atoms with Crippen molar-refractivity contribution < 1.29 is 4.79 Å². The fourth-order valence-corrected chi connectivity index (χ4v) is 2.19. The summed E-state index contributed by atoms with van der Waals surface area (Å²) < 4.78 is 0. The van der Waals surface area contributed by atoms with Gasteiger partial charge in [0.2, 0.25) is 5.91 Å². The summed E-state index contributed by atoms with van der Waals surface area (Å²) in [6.07, 6.45) is 0.984. The van der Waals surface area contributed by atoms with Gasteiger partial charge < -0.3 is 5.32 Å². The van der Waals surface area contributed by atoms with Crippen molar-refractivity contribution in [3.63, 3.8) is 0 Å². The van der Waals surface area contributed by atoms with Crippen LogP contribution in [0.25, 0.3) is 0 Å². The van der Waals surface area contributed by atoms with E-state index >= 15 is 0 Å². The molecule has 0 aliphatic rings. The Morgan fingerprint density at radius 2 is 2.12 bits per heavy atom. The lowest BCUT2D eigenvalue weighted by Gasteiger charge is -2.22. The second-order valence-electron chi connectivity index (χ2n) is 4.33. The Kier molecular flexibility index (Phi) is 4.53. The van der Waals surface area contributed by atoms with E-state index in [0.717, 1.165) is 6.42 Å². The standard InChI is InChI=1S/C14H21NO/c1-5-13(11(3)14(16)15-4)12-8-6-7-10(2)9-12/h6-9,11,13H,5H2,1-4H3,(H,15,16)/t11-,13-/m1/s1. The molecule has 1 rings (SSSR count). The van der Waals surface area contributed by atoms with E-state index in [9.17, 15) is 4.79 Å². The Hall–Kier alpha value is -1.31. The summed E-state index contributed by atoms with van der Waals surface area (Å²) in [5.74, 6) is 0.449. The molecule has 0 bridgehead atoms. The van der Waals surface area contributed by atoms with Crippen LogP contribution in [0.5, 0.6) is 0 Å². The van der Waals surface area contributed by atoms with Gasteiger partial charge in [0.25, 0.3) is 0 Å². The van der Waals surface area contributed by atoms with Gasteiger partial charge in [-0.1, -0.05) is 43.7 Å². The summed E-state index contributed by atoms with van der Waals surface area (Å²) in [5, 5.41) is 2.72. The number of hydrogen-bond acceptors (Lipinski definition) is 1. The van der Waals surface area contributed by atoms with Crippen LogP contribution in [0.4, 0.5) is 0 Å². The maximum absolute atomic E-state index is 11.7. The number of rotatable bonds is 4. The topological polar surface area (TPSA) is 29.1 Å². The van der Waals surface area contributed by atoms with Crippen LogP contribution in [-0.4, -0.2) is 13.0 Å². The van der Waals surface area contributed by atoms with Crippen molar-refractivity contribution in [3.8, 4) is 0 Å². The minimum Gasteiger partial charge on any atom is -0.359 e. The third kappa shape index (κ3) is 2.84. The van der Waals surface area contributed by atoms with Gasteiger partial charge in [-0.15, -0.1) is 0 Å². The Balaban J connectivity index is 2.94. The molecule has 0 aliphatic heterocycles. The van der Waals surface area contributed by atoms with Crippen LogP contribution in [0.1, 0.15) is 37.3 Å². The van der Waals surface area contributed by atoms with E-state index in [2.05, 4.69) is 43.4 Å². The molecule has 0 aromatic heterocycles. The van der Waals surface area contributed by atoms with Crippen LogP contribution in [0.15, 0.2) is 24.3 Å². The molecule has 0 aliphatic carbocycles. The molecule has 0 spiro atoms. The number of aryl methyl sites for hydroxylation is 1. The Morgan fingerprint density at radius 3 is 2.62 bits per heavy atom. The Labute approximate surface area is 98.1 Å². The highest BCUT2D eigenvalue weighted by molar-refractivity contribution is 5.79. The number of nitrogens with one attached hydrogen (secondary N) is 1. The number of carbonyl (C=O) groups is 1. The smallest absolute Gasteiger partial charge is 0.223 e. The molecule has 0 saturated carbocycles. The summed E-state index contributed by atoms with van der Waals surface area (Å²) in [6.45, 7) is 6.21. The van der Waals surface area contributed by atoms with Gasteiger partial charge in [0.15, 0.2) is 0 Å². The molecule has 16 heavy (non-hydrogen) atoms. The first-order valence-corrected chi connectivity index (χ1v) is 5.88. The van der Waals surface area contributed by atoms with Crippen molar-refractivity contribution in [1.29, 1.82) is 0 Å². The number of benzene rings is 1. The highest BCUT2D eigenvalue weighted by atomic mass is 16.1. The van der Waals surface area contributed by atoms with E-state index in [1.165, 1.54) is 11.1 Å². The third-order valence-electron chi connectivity index (χ3n) is 3.17. The molecule has 2 nitrogen and oxygen atoms in total. The number of carbonyl (C=O) groups excluding carboxylic acids is 1. The lowest BCUT2D eigenvalue weighted by molar-refractivity contribution is -0.124. The lowest BCUT2D eigenvalue weighted by atomic mass is 9.84. The second-order valence-corrected chi connectivity index (χ2v) is 4.33. The van der Waals surface area contributed by atoms with Gasteiger partial charge >= 0.3 is 0 Å². The molecule has 0 unspecified atom stereocenters. The number of hydrogen-bond donors (Lipinski definition) is 1. The average Bonchev–Trinajstić information content (AvgIpc) is 2.29. The summed E-state index contributed by atoms with van der Waals surface area (Å²) in [6, 6.07) is 8.43. The van der Waals surface area contributed by atoms with Crippen molar-refractivity contribution >= 4 is 5.91 Å². The first kappa shape index (κ1) is 12.8. The highest BCUT2D eigenvalue weighted by Gasteiger charge is 2.23. The van der Waals surface area contributed by atoms with Gasteiger partial charge in [-0.25, -0.2) is 0 Å². The molecule has 0 radical (unpaired) electrons. The van der Waals surface area contributed by atoms with E-state index in [4.69, 9.17) is 0 Å². The van der Waals surface area contributed by atoms with Crippen molar-refractivity contribution in [3.05, 3.63) is 35.4 Å². The van der Waals surface area contributed by atoms with Crippen molar-refractivity contribution in [1.82, 2.24) is 5.32 Å². The SMILES string of the molecule is CC[C@@H](c1cccc(C)c1)[C@@H](C)C(=O)NC. The van der Waals surface area contributed by atoms with Gasteiger partial charge in [0, 0.05) is 13.0 Å². The van der Waals surface area contributed by atoms with Crippen LogP contribution in [0, 0.1) is 12.8 Å².